The molecule has 3 nitrogen and oxygen atoms in total. The summed E-state index contributed by atoms with van der Waals surface area (Å²) in [4.78, 5) is 21.6. The predicted molar refractivity (Wildman–Crippen MR) is 65.8 cm³/mol. The highest BCUT2D eigenvalue weighted by Gasteiger charge is 2.02. The molecule has 3 heteroatoms. The molecule has 2 N–H and O–H groups in total. The lowest BCUT2D eigenvalue weighted by Gasteiger charge is -2.03. The van der Waals surface area contributed by atoms with Crippen LogP contribution in [0.3, 0.4) is 0 Å². The highest BCUT2D eigenvalue weighted by Crippen LogP contribution is 2.20. The quantitative estimate of drug-likeness (QED) is 0.814. The topological polar surface area (TPSA) is 60.2 Å². The summed E-state index contributed by atoms with van der Waals surface area (Å²) >= 11 is 0. The van der Waals surface area contributed by atoms with Crippen molar-refractivity contribution in [2.45, 2.75) is 0 Å². The van der Waals surface area contributed by atoms with Crippen molar-refractivity contribution in [3.63, 3.8) is 0 Å². The summed E-state index contributed by atoms with van der Waals surface area (Å²) in [6.45, 7) is 0. The van der Waals surface area contributed by atoms with Crippen molar-refractivity contribution in [2.24, 2.45) is 5.73 Å². The predicted octanol–water partition coefficient (Wildman–Crippen LogP) is 2.27. The first-order valence-electron chi connectivity index (χ1n) is 5.16. The van der Waals surface area contributed by atoms with Gasteiger partial charge in [-0.2, -0.15) is 0 Å². The van der Waals surface area contributed by atoms with E-state index in [1.165, 1.54) is 0 Å². The number of hydrogen-bond donors (Lipinski definition) is 1. The van der Waals surface area contributed by atoms with Crippen LogP contribution in [0.25, 0.3) is 11.1 Å². The lowest BCUT2D eigenvalue weighted by molar-refractivity contribution is 0.1000. The molecule has 0 unspecified atom stereocenters. The molecule has 0 spiro atoms. The minimum absolute atomic E-state index is 0.446. The standard InChI is InChI=1S/C14H11NO2/c15-14(17)12-6-4-11(5-7-12)13-3-1-2-10(8-13)9-16/h1-9H,(H2,15,17). The number of nitrogens with two attached hydrogens (primary N) is 1. The van der Waals surface area contributed by atoms with Gasteiger partial charge >= 0.3 is 0 Å². The van der Waals surface area contributed by atoms with E-state index >= 15 is 0 Å². The van der Waals surface area contributed by atoms with Crippen LogP contribution in [0, 0.1) is 0 Å². The number of primary amides is 1. The van der Waals surface area contributed by atoms with Crippen LogP contribution >= 0.6 is 0 Å². The molecular weight excluding hydrogens is 214 g/mol. The van der Waals surface area contributed by atoms with Crippen molar-refractivity contribution in [2.75, 3.05) is 0 Å². The van der Waals surface area contributed by atoms with Gasteiger partial charge in [-0.1, -0.05) is 30.3 Å². The normalized spacial score (nSPS) is 9.88. The van der Waals surface area contributed by atoms with E-state index in [1.54, 1.807) is 24.3 Å². The Hall–Kier alpha value is -2.42. The Balaban J connectivity index is 2.39. The van der Waals surface area contributed by atoms with Crippen LogP contribution in [-0.4, -0.2) is 12.2 Å². The molecule has 1 amide bonds. The van der Waals surface area contributed by atoms with E-state index in [1.807, 2.05) is 24.3 Å². The average Bonchev–Trinajstić information content (AvgIpc) is 2.39. The molecule has 2 aromatic rings. The Labute approximate surface area is 98.9 Å². The third-order valence-electron chi connectivity index (χ3n) is 2.53. The number of carbonyl (C=O) groups is 2. The molecule has 0 aliphatic heterocycles. The Morgan fingerprint density at radius 3 is 2.29 bits per heavy atom. The number of amides is 1. The van der Waals surface area contributed by atoms with E-state index < -0.39 is 5.91 Å². The highest BCUT2D eigenvalue weighted by atomic mass is 16.1. The first-order chi connectivity index (χ1) is 8.20. The second-order valence-corrected chi connectivity index (χ2v) is 3.68. The minimum Gasteiger partial charge on any atom is -0.366 e. The Morgan fingerprint density at radius 2 is 1.71 bits per heavy atom. The third-order valence-corrected chi connectivity index (χ3v) is 2.53. The second-order valence-electron chi connectivity index (χ2n) is 3.68. The molecule has 0 aliphatic carbocycles. The van der Waals surface area contributed by atoms with E-state index in [0.29, 0.717) is 11.1 Å². The number of rotatable bonds is 3. The molecular formula is C14H11NO2. The number of benzene rings is 2. The number of aldehydes is 1. The van der Waals surface area contributed by atoms with Crippen molar-refractivity contribution in [1.82, 2.24) is 0 Å². The molecule has 0 heterocycles. The van der Waals surface area contributed by atoms with Crippen LogP contribution in [0.15, 0.2) is 48.5 Å². The van der Waals surface area contributed by atoms with Crippen molar-refractivity contribution < 1.29 is 9.59 Å². The van der Waals surface area contributed by atoms with Crippen molar-refractivity contribution in [3.05, 3.63) is 59.7 Å². The zero-order valence-electron chi connectivity index (χ0n) is 9.09. The monoisotopic (exact) mass is 225 g/mol. The largest absolute Gasteiger partial charge is 0.366 e. The van der Waals surface area contributed by atoms with Gasteiger partial charge in [0, 0.05) is 11.1 Å². The summed E-state index contributed by atoms with van der Waals surface area (Å²) in [7, 11) is 0. The van der Waals surface area contributed by atoms with Crippen LogP contribution in [0.5, 0.6) is 0 Å². The number of hydrogen-bond acceptors (Lipinski definition) is 2. The average molecular weight is 225 g/mol. The highest BCUT2D eigenvalue weighted by molar-refractivity contribution is 5.93. The fourth-order valence-electron chi connectivity index (χ4n) is 1.62. The Morgan fingerprint density at radius 1 is 1.00 bits per heavy atom. The van der Waals surface area contributed by atoms with Gasteiger partial charge < -0.3 is 5.73 Å². The maximum absolute atomic E-state index is 10.9. The third kappa shape index (κ3) is 2.39. The summed E-state index contributed by atoms with van der Waals surface area (Å²) in [5.41, 5.74) is 8.14. The van der Waals surface area contributed by atoms with E-state index in [4.69, 9.17) is 5.73 Å². The van der Waals surface area contributed by atoms with Gasteiger partial charge in [-0.3, -0.25) is 9.59 Å². The fourth-order valence-corrected chi connectivity index (χ4v) is 1.62. The zero-order chi connectivity index (χ0) is 12.3. The van der Waals surface area contributed by atoms with Gasteiger partial charge in [0.05, 0.1) is 0 Å². The molecule has 0 saturated carbocycles. The fraction of sp³-hybridized carbons (Fsp3) is 0. The maximum Gasteiger partial charge on any atom is 0.248 e. The van der Waals surface area contributed by atoms with E-state index in [9.17, 15) is 9.59 Å². The molecule has 0 saturated heterocycles. The molecule has 0 aliphatic rings. The SMILES string of the molecule is NC(=O)c1ccc(-c2cccc(C=O)c2)cc1. The van der Waals surface area contributed by atoms with Crippen molar-refractivity contribution in [1.29, 1.82) is 0 Å². The lowest BCUT2D eigenvalue weighted by atomic mass is 10.0. The molecule has 0 atom stereocenters. The summed E-state index contributed by atoms with van der Waals surface area (Å²) < 4.78 is 0. The van der Waals surface area contributed by atoms with Gasteiger partial charge in [-0.25, -0.2) is 0 Å². The maximum atomic E-state index is 10.9. The van der Waals surface area contributed by atoms with Crippen LogP contribution in [-0.2, 0) is 0 Å². The molecule has 0 radical (unpaired) electrons. The Kier molecular flexibility index (Phi) is 3.01. The van der Waals surface area contributed by atoms with E-state index in [2.05, 4.69) is 0 Å². The Bertz CT molecular complexity index is 559. The molecule has 0 bridgehead atoms. The summed E-state index contributed by atoms with van der Waals surface area (Å²) in [6.07, 6.45) is 0.807. The van der Waals surface area contributed by atoms with Gasteiger partial charge in [0.25, 0.3) is 0 Å². The summed E-state index contributed by atoms with van der Waals surface area (Å²) in [5, 5.41) is 0. The minimum atomic E-state index is -0.446. The van der Waals surface area contributed by atoms with Crippen LogP contribution in [0.4, 0.5) is 0 Å². The summed E-state index contributed by atoms with van der Waals surface area (Å²) in [6, 6.07) is 14.2. The van der Waals surface area contributed by atoms with Gasteiger partial charge in [0.1, 0.15) is 6.29 Å². The van der Waals surface area contributed by atoms with E-state index in [-0.39, 0.29) is 0 Å². The first-order valence-corrected chi connectivity index (χ1v) is 5.16. The van der Waals surface area contributed by atoms with Crippen molar-refractivity contribution in [3.8, 4) is 11.1 Å². The molecule has 2 rings (SSSR count). The lowest BCUT2D eigenvalue weighted by Crippen LogP contribution is -2.10. The van der Waals surface area contributed by atoms with Crippen LogP contribution in [0.1, 0.15) is 20.7 Å². The van der Waals surface area contributed by atoms with Gasteiger partial charge in [-0.05, 0) is 29.3 Å². The zero-order valence-corrected chi connectivity index (χ0v) is 9.09. The van der Waals surface area contributed by atoms with Crippen LogP contribution in [0.2, 0.25) is 0 Å². The molecule has 17 heavy (non-hydrogen) atoms. The van der Waals surface area contributed by atoms with E-state index in [0.717, 1.165) is 17.4 Å². The first kappa shape index (κ1) is 11.1. The van der Waals surface area contributed by atoms with Gasteiger partial charge in [0.15, 0.2) is 0 Å². The van der Waals surface area contributed by atoms with Gasteiger partial charge in [-0.15, -0.1) is 0 Å². The molecule has 0 aromatic heterocycles. The molecule has 84 valence electrons. The van der Waals surface area contributed by atoms with Gasteiger partial charge in [0.2, 0.25) is 5.91 Å². The smallest absolute Gasteiger partial charge is 0.248 e. The van der Waals surface area contributed by atoms with Crippen molar-refractivity contribution >= 4 is 12.2 Å². The molecule has 0 fully saturated rings. The second kappa shape index (κ2) is 4.61. The molecule has 2 aromatic carbocycles. The summed E-state index contributed by atoms with van der Waals surface area (Å²) in [5.74, 6) is -0.446. The van der Waals surface area contributed by atoms with Crippen LogP contribution < -0.4 is 5.73 Å². The number of carbonyl (C=O) groups excluding carboxylic acids is 2.